The number of piperidine rings is 1. The Morgan fingerprint density at radius 1 is 1.10 bits per heavy atom. The molecule has 0 bridgehead atoms. The first-order valence-corrected chi connectivity index (χ1v) is 13.0. The molecule has 7 heteroatoms. The third-order valence-corrected chi connectivity index (χ3v) is 7.43. The lowest BCUT2D eigenvalue weighted by atomic mass is 10.0. The number of rotatable bonds is 8. The van der Waals surface area contributed by atoms with Gasteiger partial charge in [0.05, 0.1) is 5.75 Å². The van der Waals surface area contributed by atoms with Gasteiger partial charge in [0, 0.05) is 23.6 Å². The summed E-state index contributed by atoms with van der Waals surface area (Å²) in [6.07, 6.45) is 3.84. The molecular formula is C23H29BrN2O3S. The van der Waals surface area contributed by atoms with Gasteiger partial charge in [0.15, 0.2) is 9.84 Å². The Hall–Kier alpha value is -1.70. The van der Waals surface area contributed by atoms with Crippen molar-refractivity contribution in [3.05, 3.63) is 69.7 Å². The van der Waals surface area contributed by atoms with Crippen molar-refractivity contribution in [2.45, 2.75) is 51.1 Å². The number of amides is 1. The zero-order valence-electron chi connectivity index (χ0n) is 17.3. The van der Waals surface area contributed by atoms with E-state index < -0.39 is 21.5 Å². The summed E-state index contributed by atoms with van der Waals surface area (Å²) < 4.78 is 25.4. The molecule has 1 N–H and O–H groups in total. The van der Waals surface area contributed by atoms with Gasteiger partial charge < -0.3 is 5.32 Å². The molecule has 1 unspecified atom stereocenters. The number of nitrogens with zero attached hydrogens (tertiary/aromatic N) is 1. The van der Waals surface area contributed by atoms with Crippen LogP contribution in [-0.2, 0) is 33.5 Å². The third kappa shape index (κ3) is 7.22. The van der Waals surface area contributed by atoms with Crippen molar-refractivity contribution in [3.8, 4) is 0 Å². The first-order valence-electron chi connectivity index (χ1n) is 10.3. The highest BCUT2D eigenvalue weighted by molar-refractivity contribution is 9.10. The van der Waals surface area contributed by atoms with Crippen molar-refractivity contribution in [2.24, 2.45) is 0 Å². The van der Waals surface area contributed by atoms with E-state index in [1.165, 1.54) is 24.8 Å². The smallest absolute Gasteiger partial charge is 0.235 e. The Kier molecular flexibility index (Phi) is 8.08. The van der Waals surface area contributed by atoms with Gasteiger partial charge in [-0.1, -0.05) is 58.7 Å². The normalized spacial score (nSPS) is 17.6. The Morgan fingerprint density at radius 2 is 1.83 bits per heavy atom. The molecule has 5 nitrogen and oxygen atoms in total. The molecule has 1 amide bonds. The average molecular weight is 493 g/mol. The summed E-state index contributed by atoms with van der Waals surface area (Å²) in [5, 5.41) is 2.72. The van der Waals surface area contributed by atoms with E-state index in [0.29, 0.717) is 18.2 Å². The van der Waals surface area contributed by atoms with Crippen LogP contribution in [0.25, 0.3) is 0 Å². The van der Waals surface area contributed by atoms with E-state index in [1.54, 1.807) is 18.2 Å². The maximum Gasteiger partial charge on any atom is 0.235 e. The number of carbonyl (C=O) groups is 1. The maximum atomic E-state index is 12.3. The maximum absolute atomic E-state index is 12.3. The van der Waals surface area contributed by atoms with E-state index in [9.17, 15) is 13.2 Å². The monoisotopic (exact) mass is 492 g/mol. The summed E-state index contributed by atoms with van der Waals surface area (Å²) in [5.74, 6) is -1.13. The predicted octanol–water partition coefficient (Wildman–Crippen LogP) is 4.05. The fourth-order valence-corrected chi connectivity index (χ4v) is 5.51. The lowest BCUT2D eigenvalue weighted by molar-refractivity contribution is -0.118. The van der Waals surface area contributed by atoms with Crippen LogP contribution in [0.5, 0.6) is 0 Å². The summed E-state index contributed by atoms with van der Waals surface area (Å²) in [7, 11) is -3.52. The van der Waals surface area contributed by atoms with Crippen LogP contribution in [0.4, 0.5) is 0 Å². The third-order valence-electron chi connectivity index (χ3n) is 5.47. The van der Waals surface area contributed by atoms with E-state index >= 15 is 0 Å². The van der Waals surface area contributed by atoms with E-state index in [4.69, 9.17) is 0 Å². The first kappa shape index (κ1) is 23.0. The van der Waals surface area contributed by atoms with Gasteiger partial charge in [-0.3, -0.25) is 9.69 Å². The Labute approximate surface area is 187 Å². The molecule has 162 valence electrons. The van der Waals surface area contributed by atoms with Crippen LogP contribution < -0.4 is 5.32 Å². The summed E-state index contributed by atoms with van der Waals surface area (Å²) in [4.78, 5) is 14.7. The van der Waals surface area contributed by atoms with Crippen molar-refractivity contribution >= 4 is 31.7 Å². The standard InChI is InChI=1S/C23H29BrN2O3S/c1-18-5-2-3-12-26(18)15-20-10-8-19(9-11-20)14-25-23(27)17-30(28,29)16-21-6-4-7-22(24)13-21/h4,6-11,13,18H,2-3,5,12,14-17H2,1H3,(H,25,27). The van der Waals surface area contributed by atoms with Crippen LogP contribution in [0.2, 0.25) is 0 Å². The number of carbonyl (C=O) groups excluding carboxylic acids is 1. The molecule has 2 aromatic rings. The Morgan fingerprint density at radius 3 is 2.53 bits per heavy atom. The zero-order valence-corrected chi connectivity index (χ0v) is 19.7. The van der Waals surface area contributed by atoms with E-state index in [1.807, 2.05) is 18.2 Å². The molecule has 1 atom stereocenters. The molecule has 1 aliphatic rings. The topological polar surface area (TPSA) is 66.5 Å². The van der Waals surface area contributed by atoms with Gasteiger partial charge in [-0.25, -0.2) is 8.42 Å². The van der Waals surface area contributed by atoms with Crippen LogP contribution in [0, 0.1) is 0 Å². The molecule has 1 saturated heterocycles. The summed E-state index contributed by atoms with van der Waals surface area (Å²) in [6, 6.07) is 15.9. The van der Waals surface area contributed by atoms with Gasteiger partial charge in [-0.2, -0.15) is 0 Å². The fourth-order valence-electron chi connectivity index (χ4n) is 3.77. The van der Waals surface area contributed by atoms with Gasteiger partial charge in [-0.15, -0.1) is 0 Å². The highest BCUT2D eigenvalue weighted by Crippen LogP contribution is 2.19. The SMILES string of the molecule is CC1CCCCN1Cc1ccc(CNC(=O)CS(=O)(=O)Cc2cccc(Br)c2)cc1. The molecule has 0 saturated carbocycles. The van der Waals surface area contributed by atoms with Crippen molar-refractivity contribution in [1.29, 1.82) is 0 Å². The number of likely N-dealkylation sites (tertiary alicyclic amines) is 1. The van der Waals surface area contributed by atoms with Gasteiger partial charge in [0.1, 0.15) is 5.75 Å². The summed E-state index contributed by atoms with van der Waals surface area (Å²) in [6.45, 7) is 4.70. The lowest BCUT2D eigenvalue weighted by Gasteiger charge is -2.33. The van der Waals surface area contributed by atoms with Crippen molar-refractivity contribution in [2.75, 3.05) is 12.3 Å². The minimum absolute atomic E-state index is 0.149. The van der Waals surface area contributed by atoms with Crippen LogP contribution in [0.1, 0.15) is 42.9 Å². The van der Waals surface area contributed by atoms with Gasteiger partial charge in [0.2, 0.25) is 5.91 Å². The van der Waals surface area contributed by atoms with Crippen LogP contribution in [0.3, 0.4) is 0 Å². The number of hydrogen-bond acceptors (Lipinski definition) is 4. The molecular weight excluding hydrogens is 464 g/mol. The Bertz CT molecular complexity index is 961. The fraction of sp³-hybridized carbons (Fsp3) is 0.435. The second-order valence-corrected chi connectivity index (χ2v) is 11.1. The Balaban J connectivity index is 1.47. The van der Waals surface area contributed by atoms with Gasteiger partial charge in [0.25, 0.3) is 0 Å². The zero-order chi connectivity index (χ0) is 21.6. The number of sulfone groups is 1. The predicted molar refractivity (Wildman–Crippen MR) is 124 cm³/mol. The van der Waals surface area contributed by atoms with E-state index in [2.05, 4.69) is 45.2 Å². The van der Waals surface area contributed by atoms with Crippen LogP contribution >= 0.6 is 15.9 Å². The summed E-state index contributed by atoms with van der Waals surface area (Å²) >= 11 is 3.33. The van der Waals surface area contributed by atoms with Gasteiger partial charge in [-0.05, 0) is 55.1 Å². The number of hydrogen-bond donors (Lipinski definition) is 1. The second kappa shape index (κ2) is 10.6. The van der Waals surface area contributed by atoms with Gasteiger partial charge >= 0.3 is 0 Å². The largest absolute Gasteiger partial charge is 0.351 e. The van der Waals surface area contributed by atoms with Crippen molar-refractivity contribution in [3.63, 3.8) is 0 Å². The van der Waals surface area contributed by atoms with E-state index in [0.717, 1.165) is 23.1 Å². The molecule has 1 aliphatic heterocycles. The molecule has 1 fully saturated rings. The van der Waals surface area contributed by atoms with Crippen molar-refractivity contribution < 1.29 is 13.2 Å². The highest BCUT2D eigenvalue weighted by Gasteiger charge is 2.19. The molecule has 3 rings (SSSR count). The molecule has 30 heavy (non-hydrogen) atoms. The molecule has 0 radical (unpaired) electrons. The molecule has 0 aliphatic carbocycles. The number of benzene rings is 2. The molecule has 0 spiro atoms. The molecule has 0 aromatic heterocycles. The highest BCUT2D eigenvalue weighted by atomic mass is 79.9. The van der Waals surface area contributed by atoms with Crippen molar-refractivity contribution in [1.82, 2.24) is 10.2 Å². The summed E-state index contributed by atoms with van der Waals surface area (Å²) in [5.41, 5.74) is 2.88. The quantitative estimate of drug-likeness (QED) is 0.603. The minimum atomic E-state index is -3.52. The average Bonchev–Trinajstić information content (AvgIpc) is 2.68. The first-order chi connectivity index (χ1) is 14.3. The van der Waals surface area contributed by atoms with Crippen LogP contribution in [-0.4, -0.2) is 37.6 Å². The number of halogens is 1. The number of nitrogens with one attached hydrogen (secondary N) is 1. The lowest BCUT2D eigenvalue weighted by Crippen LogP contribution is -2.36. The minimum Gasteiger partial charge on any atom is -0.351 e. The second-order valence-electron chi connectivity index (χ2n) is 8.07. The van der Waals surface area contributed by atoms with E-state index in [-0.39, 0.29) is 5.75 Å². The van der Waals surface area contributed by atoms with Crippen LogP contribution in [0.15, 0.2) is 53.0 Å². The molecule has 1 heterocycles. The molecule has 2 aromatic carbocycles.